The van der Waals surface area contributed by atoms with Gasteiger partial charge in [-0.3, -0.25) is 9.88 Å². The maximum absolute atomic E-state index is 17.0. The Hall–Kier alpha value is -3.71. The average molecular weight is 706 g/mol. The highest BCUT2D eigenvalue weighted by Crippen LogP contribution is 2.51. The number of aliphatic hydroxyl groups is 2. The zero-order valence-corrected chi connectivity index (χ0v) is 29.7. The van der Waals surface area contributed by atoms with E-state index in [0.717, 1.165) is 38.6 Å². The van der Waals surface area contributed by atoms with Crippen LogP contribution >= 0.6 is 0 Å². The van der Waals surface area contributed by atoms with E-state index in [9.17, 15) is 15.3 Å². The molecule has 2 saturated heterocycles. The van der Waals surface area contributed by atoms with Gasteiger partial charge in [-0.05, 0) is 86.0 Å². The lowest BCUT2D eigenvalue weighted by molar-refractivity contribution is -0.0107. The summed E-state index contributed by atoms with van der Waals surface area (Å²) in [5.41, 5.74) is 0.491. The SMILES string of the molecule is CC.CCc1c(F)ccc2cc(O)cc(-c3ncc4c(N5CC(O)CO[C@@H](CO)C5)nc(OCC56CCCC5N(C5CC5)CCC6)nc4c3F)c12. The Balaban J connectivity index is 0.00000200. The van der Waals surface area contributed by atoms with Crippen LogP contribution in [-0.2, 0) is 11.2 Å². The number of aliphatic hydroxyl groups excluding tert-OH is 2. The van der Waals surface area contributed by atoms with Crippen molar-refractivity contribution in [3.63, 3.8) is 0 Å². The van der Waals surface area contributed by atoms with E-state index in [0.29, 0.717) is 52.7 Å². The van der Waals surface area contributed by atoms with E-state index in [1.165, 1.54) is 37.2 Å². The number of pyridine rings is 1. The minimum atomic E-state index is -0.877. The number of halogens is 2. The van der Waals surface area contributed by atoms with Crippen LogP contribution in [0, 0.1) is 17.0 Å². The number of benzene rings is 2. The number of nitrogens with zero attached hydrogens (tertiary/aromatic N) is 5. The minimum absolute atomic E-state index is 0.0170. The van der Waals surface area contributed by atoms with Crippen LogP contribution in [0.15, 0.2) is 30.5 Å². The normalized spacial score (nSPS) is 25.4. The third-order valence-corrected chi connectivity index (χ3v) is 11.1. The summed E-state index contributed by atoms with van der Waals surface area (Å²) in [6.07, 6.45) is 8.34. The van der Waals surface area contributed by atoms with Crippen molar-refractivity contribution >= 4 is 27.5 Å². The number of aryl methyl sites for hydroxylation is 1. The third kappa shape index (κ3) is 6.71. The molecule has 10 nitrogen and oxygen atoms in total. The van der Waals surface area contributed by atoms with Gasteiger partial charge in [0.25, 0.3) is 0 Å². The molecule has 2 aromatic carbocycles. The molecule has 3 unspecified atom stereocenters. The molecule has 51 heavy (non-hydrogen) atoms. The lowest BCUT2D eigenvalue weighted by atomic mass is 9.75. The highest BCUT2D eigenvalue weighted by atomic mass is 19.1. The molecule has 4 atom stereocenters. The fourth-order valence-corrected chi connectivity index (χ4v) is 8.75. The number of hydrogen-bond donors (Lipinski definition) is 3. The Kier molecular flexibility index (Phi) is 10.3. The summed E-state index contributed by atoms with van der Waals surface area (Å²) >= 11 is 0. The van der Waals surface area contributed by atoms with Gasteiger partial charge in [-0.2, -0.15) is 9.97 Å². The standard InChI is InChI=1S/C37H43F2N5O5.C2H6/c1-2-26-29(38)9-6-21-13-23(46)14-27(31(21)26)33-32(39)34-28(15-40-33)35(43-16-24(47)19-48-25(17-43)18-45)42-36(41-34)49-20-37-10-3-5-30(37)44(12-4-11-37)22-7-8-22;1-2/h6,9,13-15,22,24-25,30,45-47H,2-5,7-8,10-12,16-20H2,1H3;1-2H3/t24?,25-,30?,37?;/m1./s1. The van der Waals surface area contributed by atoms with E-state index in [-0.39, 0.29) is 60.3 Å². The molecule has 2 saturated carbocycles. The lowest BCUT2D eigenvalue weighted by Gasteiger charge is -2.46. The molecule has 2 aromatic heterocycles. The number of likely N-dealkylation sites (tertiary alicyclic amines) is 1. The Bertz CT molecular complexity index is 1890. The van der Waals surface area contributed by atoms with Crippen molar-refractivity contribution in [1.82, 2.24) is 19.9 Å². The first-order valence-electron chi connectivity index (χ1n) is 18.6. The van der Waals surface area contributed by atoms with Crippen LogP contribution in [0.25, 0.3) is 32.9 Å². The largest absolute Gasteiger partial charge is 0.508 e. The van der Waals surface area contributed by atoms with Crippen molar-refractivity contribution in [3.8, 4) is 23.0 Å². The summed E-state index contributed by atoms with van der Waals surface area (Å²) in [6.45, 7) is 7.44. The highest BCUT2D eigenvalue weighted by Gasteiger charge is 2.51. The molecule has 2 aliphatic carbocycles. The van der Waals surface area contributed by atoms with Crippen LogP contribution in [0.5, 0.6) is 11.8 Å². The van der Waals surface area contributed by atoms with Crippen molar-refractivity contribution in [2.24, 2.45) is 5.41 Å². The number of hydrogen-bond acceptors (Lipinski definition) is 10. The Morgan fingerprint density at radius 1 is 1.06 bits per heavy atom. The molecule has 2 aliphatic heterocycles. The molecular weight excluding hydrogens is 656 g/mol. The van der Waals surface area contributed by atoms with Crippen LogP contribution in [-0.4, -0.2) is 98.9 Å². The van der Waals surface area contributed by atoms with E-state index in [1.807, 2.05) is 20.8 Å². The minimum Gasteiger partial charge on any atom is -0.508 e. The number of fused-ring (bicyclic) bond motifs is 3. The van der Waals surface area contributed by atoms with Crippen LogP contribution < -0.4 is 9.64 Å². The number of piperidine rings is 1. The molecule has 0 bridgehead atoms. The molecule has 0 radical (unpaired) electrons. The van der Waals surface area contributed by atoms with Gasteiger partial charge in [0.2, 0.25) is 0 Å². The first-order chi connectivity index (χ1) is 24.8. The summed E-state index contributed by atoms with van der Waals surface area (Å²) in [7, 11) is 0. The fraction of sp³-hybridized carbons (Fsp3) is 0.564. The summed E-state index contributed by atoms with van der Waals surface area (Å²) in [6, 6.07) is 6.96. The maximum atomic E-state index is 17.0. The van der Waals surface area contributed by atoms with Crippen molar-refractivity contribution in [1.29, 1.82) is 0 Å². The van der Waals surface area contributed by atoms with Gasteiger partial charge in [0, 0.05) is 42.3 Å². The predicted octanol–water partition coefficient (Wildman–Crippen LogP) is 6.15. The molecule has 274 valence electrons. The number of phenolic OH excluding ortho intramolecular Hbond substituents is 1. The zero-order chi connectivity index (χ0) is 35.9. The third-order valence-electron chi connectivity index (χ3n) is 11.1. The summed E-state index contributed by atoms with van der Waals surface area (Å²) in [4.78, 5) is 18.4. The molecule has 0 spiro atoms. The zero-order valence-electron chi connectivity index (χ0n) is 29.7. The molecule has 4 aliphatic rings. The monoisotopic (exact) mass is 705 g/mol. The molecule has 3 N–H and O–H groups in total. The summed E-state index contributed by atoms with van der Waals surface area (Å²) < 4.78 is 44.2. The van der Waals surface area contributed by atoms with Crippen LogP contribution in [0.3, 0.4) is 0 Å². The number of ether oxygens (including phenoxy) is 2. The second-order valence-electron chi connectivity index (χ2n) is 14.3. The molecule has 4 heterocycles. The van der Waals surface area contributed by atoms with Gasteiger partial charge in [0.15, 0.2) is 5.82 Å². The summed E-state index contributed by atoms with van der Waals surface area (Å²) in [5.74, 6) is -0.970. The smallest absolute Gasteiger partial charge is 0.319 e. The number of rotatable bonds is 8. The van der Waals surface area contributed by atoms with Gasteiger partial charge in [-0.15, -0.1) is 0 Å². The molecule has 8 rings (SSSR count). The van der Waals surface area contributed by atoms with Crippen molar-refractivity contribution < 1.29 is 33.6 Å². The second kappa shape index (κ2) is 14.7. The molecular formula is C39H49F2N5O5. The average Bonchev–Trinajstić information content (AvgIpc) is 3.93. The van der Waals surface area contributed by atoms with Gasteiger partial charge < -0.3 is 29.7 Å². The molecule has 12 heteroatoms. The van der Waals surface area contributed by atoms with E-state index in [4.69, 9.17) is 14.5 Å². The number of aromatic nitrogens is 3. The Morgan fingerprint density at radius 3 is 2.63 bits per heavy atom. The maximum Gasteiger partial charge on any atom is 0.319 e. The molecule has 4 fully saturated rings. The quantitative estimate of drug-likeness (QED) is 0.197. The number of aromatic hydroxyl groups is 1. The van der Waals surface area contributed by atoms with Crippen LogP contribution in [0.2, 0.25) is 0 Å². The first kappa shape index (κ1) is 35.7. The van der Waals surface area contributed by atoms with Gasteiger partial charge in [-0.1, -0.05) is 33.3 Å². The lowest BCUT2D eigenvalue weighted by Crippen LogP contribution is -2.52. The van der Waals surface area contributed by atoms with Gasteiger partial charge >= 0.3 is 6.01 Å². The van der Waals surface area contributed by atoms with Crippen molar-refractivity contribution in [3.05, 3.63) is 47.7 Å². The van der Waals surface area contributed by atoms with Gasteiger partial charge in [0.1, 0.15) is 28.6 Å². The van der Waals surface area contributed by atoms with Crippen LogP contribution in [0.4, 0.5) is 14.6 Å². The molecule has 0 amide bonds. The topological polar surface area (TPSA) is 124 Å². The first-order valence-corrected chi connectivity index (χ1v) is 18.6. The number of β-amino-alcohol motifs (C(OH)–C–C–N with tert-alkyl or cyclic N) is 1. The Morgan fingerprint density at radius 2 is 1.86 bits per heavy atom. The van der Waals surface area contributed by atoms with E-state index >= 15 is 8.78 Å². The number of anilines is 1. The van der Waals surface area contributed by atoms with Crippen molar-refractivity contribution in [2.45, 2.75) is 96.4 Å². The van der Waals surface area contributed by atoms with E-state index < -0.39 is 23.8 Å². The Labute approximate surface area is 297 Å². The highest BCUT2D eigenvalue weighted by molar-refractivity contribution is 6.01. The van der Waals surface area contributed by atoms with Crippen LogP contribution in [0.1, 0.15) is 71.3 Å². The predicted molar refractivity (Wildman–Crippen MR) is 192 cm³/mol. The van der Waals surface area contributed by atoms with E-state index in [2.05, 4.69) is 14.9 Å². The van der Waals surface area contributed by atoms with Gasteiger partial charge in [0.05, 0.1) is 37.4 Å². The second-order valence-corrected chi connectivity index (χ2v) is 14.3. The van der Waals surface area contributed by atoms with E-state index in [1.54, 1.807) is 11.0 Å². The van der Waals surface area contributed by atoms with Gasteiger partial charge in [-0.25, -0.2) is 8.78 Å². The molecule has 4 aromatic rings. The summed E-state index contributed by atoms with van der Waals surface area (Å²) in [5, 5.41) is 32.6. The fourth-order valence-electron chi connectivity index (χ4n) is 8.75. The number of phenols is 1. The van der Waals surface area contributed by atoms with Crippen molar-refractivity contribution in [2.75, 3.05) is 44.4 Å².